The number of nitriles is 1. The summed E-state index contributed by atoms with van der Waals surface area (Å²) < 4.78 is 8.87. The molecule has 1 N–H and O–H groups in total. The minimum atomic E-state index is -0.881. The number of aromatic amines is 1. The summed E-state index contributed by atoms with van der Waals surface area (Å²) >= 11 is 12.9. The number of H-pyrrole nitrogens is 1. The number of benzene rings is 3. The zero-order valence-electron chi connectivity index (χ0n) is 19.4. The van der Waals surface area contributed by atoms with Crippen molar-refractivity contribution in [3.63, 3.8) is 0 Å². The van der Waals surface area contributed by atoms with Crippen LogP contribution in [0.25, 0.3) is 16.7 Å². The number of fused-ring (bicyclic) bond motifs is 1. The number of hydrogen-bond acceptors (Lipinski definition) is 6. The van der Waals surface area contributed by atoms with Crippen LogP contribution in [0.1, 0.15) is 17.1 Å². The second-order valence-electron chi connectivity index (χ2n) is 8.20. The van der Waals surface area contributed by atoms with E-state index in [9.17, 15) is 9.59 Å². The van der Waals surface area contributed by atoms with Gasteiger partial charge in [0.15, 0.2) is 5.75 Å². The molecule has 9 nitrogen and oxygen atoms in total. The van der Waals surface area contributed by atoms with Crippen LogP contribution in [0.5, 0.6) is 11.5 Å². The Morgan fingerprint density at radius 1 is 1.03 bits per heavy atom. The number of hydrogen-bond donors (Lipinski definition) is 1. The van der Waals surface area contributed by atoms with Gasteiger partial charge < -0.3 is 9.30 Å². The molecule has 0 spiro atoms. The van der Waals surface area contributed by atoms with Crippen molar-refractivity contribution in [2.45, 2.75) is 12.8 Å². The highest BCUT2D eigenvalue weighted by atomic mass is 35.5. The van der Waals surface area contributed by atoms with E-state index < -0.39 is 16.9 Å². The molecule has 0 fully saturated rings. The average Bonchev–Trinajstić information content (AvgIpc) is 3.20. The third kappa shape index (κ3) is 4.85. The molecule has 2 aromatic heterocycles. The van der Waals surface area contributed by atoms with Crippen molar-refractivity contribution in [3.8, 4) is 23.3 Å². The number of nitrogens with one attached hydrogen (secondary N) is 1. The van der Waals surface area contributed by atoms with Gasteiger partial charge in [-0.15, -0.1) is 5.10 Å². The number of ether oxygens (including phenoxy) is 1. The summed E-state index contributed by atoms with van der Waals surface area (Å²) in [5.74, 6) is 1.60. The van der Waals surface area contributed by atoms with E-state index >= 15 is 0 Å². The molecule has 0 atom stereocenters. The fraction of sp³-hybridized carbons (Fsp3) is 0.115. The highest BCUT2D eigenvalue weighted by Crippen LogP contribution is 2.38. The van der Waals surface area contributed by atoms with Crippen molar-refractivity contribution in [1.82, 2.24) is 24.3 Å². The third-order valence-corrected chi connectivity index (χ3v) is 6.37. The Kier molecular flexibility index (Phi) is 6.53. The zero-order valence-corrected chi connectivity index (χ0v) is 20.9. The molecule has 0 aliphatic heterocycles. The Labute approximate surface area is 220 Å². The summed E-state index contributed by atoms with van der Waals surface area (Å²) in [6.07, 6.45) is 1.66. The third-order valence-electron chi connectivity index (χ3n) is 5.81. The predicted molar refractivity (Wildman–Crippen MR) is 140 cm³/mol. The first kappa shape index (κ1) is 24.3. The maximum atomic E-state index is 12.2. The van der Waals surface area contributed by atoms with E-state index in [1.807, 2.05) is 36.3 Å². The van der Waals surface area contributed by atoms with Gasteiger partial charge in [0.25, 0.3) is 5.56 Å². The number of nitrogens with zero attached hydrogens (tertiary/aromatic N) is 5. The molecule has 0 saturated carbocycles. The van der Waals surface area contributed by atoms with E-state index in [2.05, 4.69) is 21.8 Å². The standard InChI is InChI=1S/C26H18Cl2N6O3/c1-33-22-9-8-17(13-20(22)30-23(33)10-7-15-5-3-2-4-6-15)37-24-18(27)11-16(12-19(24)28)34-26(36)31-25(35)21(14-29)32-34/h2-6,8-9,11-13H,7,10H2,1H3,(H,31,35,36). The van der Waals surface area contributed by atoms with Crippen LogP contribution in [0, 0.1) is 11.3 Å². The van der Waals surface area contributed by atoms with Crippen molar-refractivity contribution in [2.75, 3.05) is 0 Å². The van der Waals surface area contributed by atoms with Crippen LogP contribution in [0.4, 0.5) is 0 Å². The quantitative estimate of drug-likeness (QED) is 0.342. The molecule has 0 unspecified atom stereocenters. The Balaban J connectivity index is 1.42. The van der Waals surface area contributed by atoms with Gasteiger partial charge in [-0.1, -0.05) is 53.5 Å². The highest BCUT2D eigenvalue weighted by molar-refractivity contribution is 6.37. The number of halogens is 2. The van der Waals surface area contributed by atoms with E-state index in [0.29, 0.717) is 5.75 Å². The van der Waals surface area contributed by atoms with Gasteiger partial charge in [0.05, 0.1) is 26.8 Å². The Morgan fingerprint density at radius 2 is 1.76 bits per heavy atom. The number of aryl methyl sites for hydroxylation is 3. The molecular formula is C26H18Cl2N6O3. The number of rotatable bonds is 6. The summed E-state index contributed by atoms with van der Waals surface area (Å²) in [4.78, 5) is 30.6. The second-order valence-corrected chi connectivity index (χ2v) is 9.01. The van der Waals surface area contributed by atoms with Gasteiger partial charge in [0.1, 0.15) is 17.6 Å². The van der Waals surface area contributed by atoms with Crippen LogP contribution < -0.4 is 16.0 Å². The molecule has 11 heteroatoms. The monoisotopic (exact) mass is 532 g/mol. The smallest absolute Gasteiger partial charge is 0.349 e. The summed E-state index contributed by atoms with van der Waals surface area (Å²) in [6, 6.07) is 20.2. The summed E-state index contributed by atoms with van der Waals surface area (Å²) in [7, 11) is 1.98. The molecule has 0 amide bonds. The van der Waals surface area contributed by atoms with Gasteiger partial charge in [-0.2, -0.15) is 9.94 Å². The largest absolute Gasteiger partial charge is 0.454 e. The second kappa shape index (κ2) is 9.93. The van der Waals surface area contributed by atoms with E-state index in [1.165, 1.54) is 17.7 Å². The van der Waals surface area contributed by atoms with Crippen LogP contribution >= 0.6 is 23.2 Å². The summed E-state index contributed by atoms with van der Waals surface area (Å²) in [6.45, 7) is 0. The fourth-order valence-corrected chi connectivity index (χ4v) is 4.50. The van der Waals surface area contributed by atoms with Crippen LogP contribution in [0.15, 0.2) is 70.3 Å². The molecule has 37 heavy (non-hydrogen) atoms. The molecule has 5 rings (SSSR count). The fourth-order valence-electron chi connectivity index (χ4n) is 3.95. The maximum Gasteiger partial charge on any atom is 0.349 e. The number of imidazole rings is 1. The predicted octanol–water partition coefficient (Wildman–Crippen LogP) is 4.56. The highest BCUT2D eigenvalue weighted by Gasteiger charge is 2.16. The van der Waals surface area contributed by atoms with Gasteiger partial charge >= 0.3 is 5.69 Å². The van der Waals surface area contributed by atoms with Gasteiger partial charge in [0, 0.05) is 19.5 Å². The lowest BCUT2D eigenvalue weighted by Gasteiger charge is -2.12. The molecule has 0 bridgehead atoms. The Morgan fingerprint density at radius 3 is 2.46 bits per heavy atom. The van der Waals surface area contributed by atoms with Crippen LogP contribution in [-0.4, -0.2) is 24.3 Å². The first-order valence-corrected chi connectivity index (χ1v) is 11.9. The van der Waals surface area contributed by atoms with Crippen LogP contribution in [0.2, 0.25) is 10.0 Å². The molecular weight excluding hydrogens is 515 g/mol. The average molecular weight is 533 g/mol. The lowest BCUT2D eigenvalue weighted by molar-refractivity contribution is 0.483. The summed E-state index contributed by atoms with van der Waals surface area (Å²) in [5, 5.41) is 13.0. The lowest BCUT2D eigenvalue weighted by atomic mass is 10.1. The lowest BCUT2D eigenvalue weighted by Crippen LogP contribution is -2.33. The molecule has 184 valence electrons. The topological polar surface area (TPSA) is 119 Å². The van der Waals surface area contributed by atoms with Crippen molar-refractivity contribution in [2.24, 2.45) is 7.05 Å². The minimum absolute atomic E-state index is 0.102. The normalized spacial score (nSPS) is 11.0. The van der Waals surface area contributed by atoms with E-state index in [-0.39, 0.29) is 21.5 Å². The van der Waals surface area contributed by atoms with Crippen molar-refractivity contribution in [3.05, 3.63) is 109 Å². The molecule has 2 heterocycles. The van der Waals surface area contributed by atoms with Crippen molar-refractivity contribution >= 4 is 34.2 Å². The maximum absolute atomic E-state index is 12.2. The van der Waals surface area contributed by atoms with Gasteiger partial charge in [-0.05, 0) is 36.2 Å². The SMILES string of the molecule is Cn1c(CCc2ccccc2)nc2cc(Oc3c(Cl)cc(-n4nc(C#N)c(=O)[nH]c4=O)cc3Cl)ccc21. The van der Waals surface area contributed by atoms with Gasteiger partial charge in [-0.3, -0.25) is 9.78 Å². The van der Waals surface area contributed by atoms with Crippen LogP contribution in [0.3, 0.4) is 0 Å². The summed E-state index contributed by atoms with van der Waals surface area (Å²) in [5.41, 5.74) is 0.930. The molecule has 3 aromatic carbocycles. The minimum Gasteiger partial charge on any atom is -0.454 e. The molecule has 0 saturated heterocycles. The Hall–Kier alpha value is -4.39. The van der Waals surface area contributed by atoms with E-state index in [1.54, 1.807) is 18.2 Å². The first-order valence-electron chi connectivity index (χ1n) is 11.1. The van der Waals surface area contributed by atoms with E-state index in [0.717, 1.165) is 34.4 Å². The van der Waals surface area contributed by atoms with Crippen molar-refractivity contribution < 1.29 is 4.74 Å². The Bertz CT molecular complexity index is 1780. The molecule has 5 aromatic rings. The zero-order chi connectivity index (χ0) is 26.1. The molecule has 0 aliphatic carbocycles. The molecule has 0 radical (unpaired) electrons. The van der Waals surface area contributed by atoms with Crippen LogP contribution in [-0.2, 0) is 19.9 Å². The molecule has 0 aliphatic rings. The first-order chi connectivity index (χ1) is 17.8. The van der Waals surface area contributed by atoms with Crippen molar-refractivity contribution in [1.29, 1.82) is 5.26 Å². The van der Waals surface area contributed by atoms with E-state index in [4.69, 9.17) is 38.2 Å². The number of aromatic nitrogens is 5. The van der Waals surface area contributed by atoms with Gasteiger partial charge in [-0.25, -0.2) is 9.78 Å². The van der Waals surface area contributed by atoms with Gasteiger partial charge in [0.2, 0.25) is 5.69 Å².